The van der Waals surface area contributed by atoms with E-state index in [0.717, 1.165) is 6.26 Å². The number of nitrogens with one attached hydrogen (secondary N) is 1. The summed E-state index contributed by atoms with van der Waals surface area (Å²) in [5.41, 5.74) is 0. The summed E-state index contributed by atoms with van der Waals surface area (Å²) in [5, 5.41) is 7.01. The zero-order valence-electron chi connectivity index (χ0n) is 6.20. The molecule has 6 heteroatoms. The van der Waals surface area contributed by atoms with Crippen molar-refractivity contribution in [2.45, 2.75) is 12.8 Å². The summed E-state index contributed by atoms with van der Waals surface area (Å²) in [5.74, 6) is 0.400. The Morgan fingerprint density at radius 2 is 2.18 bits per heavy atom. The van der Waals surface area contributed by atoms with Crippen molar-refractivity contribution in [1.82, 2.24) is 0 Å². The Bertz CT molecular complexity index is 222. The van der Waals surface area contributed by atoms with Crippen LogP contribution in [-0.4, -0.2) is 26.3 Å². The second-order valence-electron chi connectivity index (χ2n) is 2.04. The normalized spacial score (nSPS) is 11.1. The topological polar surface area (TPSA) is 67.2 Å². The van der Waals surface area contributed by atoms with Crippen LogP contribution in [0.5, 0.6) is 0 Å². The van der Waals surface area contributed by atoms with E-state index in [1.165, 1.54) is 0 Å². The van der Waals surface area contributed by atoms with Gasteiger partial charge in [-0.2, -0.15) is 21.0 Å². The Hall–Kier alpha value is -0.230. The Morgan fingerprint density at radius 3 is 2.55 bits per heavy atom. The lowest BCUT2D eigenvalue weighted by Gasteiger charge is -2.01. The average molecular weight is 197 g/mol. The molecule has 0 saturated heterocycles. The highest BCUT2D eigenvalue weighted by Crippen LogP contribution is 1.97. The molecule has 0 aromatic rings. The SMILES string of the molecule is CS(=O)(=O)OC(=N)CCCS. The summed E-state index contributed by atoms with van der Waals surface area (Å²) >= 11 is 3.90. The predicted octanol–water partition coefficient (Wildman–Crippen LogP) is 0.650. The van der Waals surface area contributed by atoms with Crippen LogP contribution in [0.3, 0.4) is 0 Å². The molecule has 0 rings (SSSR count). The first-order valence-corrected chi connectivity index (χ1v) is 5.48. The third kappa shape index (κ3) is 7.67. The van der Waals surface area contributed by atoms with Crippen molar-refractivity contribution in [1.29, 1.82) is 5.41 Å². The fraction of sp³-hybridized carbons (Fsp3) is 0.800. The van der Waals surface area contributed by atoms with Crippen LogP contribution in [0.2, 0.25) is 0 Å². The maximum atomic E-state index is 10.4. The fourth-order valence-electron chi connectivity index (χ4n) is 0.464. The summed E-state index contributed by atoms with van der Waals surface area (Å²) in [4.78, 5) is 0. The van der Waals surface area contributed by atoms with E-state index in [0.29, 0.717) is 18.6 Å². The van der Waals surface area contributed by atoms with E-state index in [1.807, 2.05) is 0 Å². The van der Waals surface area contributed by atoms with Crippen molar-refractivity contribution < 1.29 is 12.6 Å². The monoisotopic (exact) mass is 197 g/mol. The molecule has 0 spiro atoms. The highest BCUT2D eigenvalue weighted by atomic mass is 32.2. The molecule has 0 amide bonds. The zero-order chi connectivity index (χ0) is 8.91. The summed E-state index contributed by atoms with van der Waals surface area (Å²) in [7, 11) is -3.50. The molecule has 0 radical (unpaired) electrons. The summed E-state index contributed by atoms with van der Waals surface area (Å²) < 4.78 is 25.1. The molecule has 0 atom stereocenters. The maximum Gasteiger partial charge on any atom is 0.307 e. The molecule has 0 heterocycles. The molecule has 66 valence electrons. The largest absolute Gasteiger partial charge is 0.367 e. The van der Waals surface area contributed by atoms with Crippen molar-refractivity contribution in [3.8, 4) is 0 Å². The van der Waals surface area contributed by atoms with Gasteiger partial charge in [-0.15, -0.1) is 0 Å². The van der Waals surface area contributed by atoms with Crippen LogP contribution >= 0.6 is 12.6 Å². The predicted molar refractivity (Wildman–Crippen MR) is 46.7 cm³/mol. The van der Waals surface area contributed by atoms with Gasteiger partial charge < -0.3 is 4.18 Å². The van der Waals surface area contributed by atoms with Gasteiger partial charge in [0.15, 0.2) is 0 Å². The van der Waals surface area contributed by atoms with E-state index < -0.39 is 10.1 Å². The van der Waals surface area contributed by atoms with Gasteiger partial charge in [-0.05, 0) is 12.2 Å². The highest BCUT2D eigenvalue weighted by Gasteiger charge is 2.05. The Balaban J connectivity index is 3.71. The van der Waals surface area contributed by atoms with Crippen molar-refractivity contribution in [2.24, 2.45) is 0 Å². The molecule has 0 aliphatic heterocycles. The lowest BCUT2D eigenvalue weighted by molar-refractivity contribution is 0.477. The van der Waals surface area contributed by atoms with Gasteiger partial charge in [0.05, 0.1) is 6.26 Å². The van der Waals surface area contributed by atoms with E-state index in [2.05, 4.69) is 16.8 Å². The Morgan fingerprint density at radius 1 is 1.64 bits per heavy atom. The molecular weight excluding hydrogens is 186 g/mol. The molecular formula is C5H11NO3S2. The van der Waals surface area contributed by atoms with Crippen LogP contribution in [-0.2, 0) is 14.3 Å². The lowest BCUT2D eigenvalue weighted by Crippen LogP contribution is -2.10. The van der Waals surface area contributed by atoms with Crippen LogP contribution in [0.1, 0.15) is 12.8 Å². The highest BCUT2D eigenvalue weighted by molar-refractivity contribution is 7.86. The fourth-order valence-corrected chi connectivity index (χ4v) is 1.07. The van der Waals surface area contributed by atoms with Crippen LogP contribution in [0.4, 0.5) is 0 Å². The molecule has 0 aromatic heterocycles. The summed E-state index contributed by atoms with van der Waals surface area (Å²) in [6.45, 7) is 0. The van der Waals surface area contributed by atoms with Crippen molar-refractivity contribution in [3.05, 3.63) is 0 Å². The minimum absolute atomic E-state index is 0.221. The number of hydrogen-bond acceptors (Lipinski definition) is 5. The molecule has 0 bridgehead atoms. The van der Waals surface area contributed by atoms with Crippen LogP contribution in [0, 0.1) is 5.41 Å². The third-order valence-corrected chi connectivity index (χ3v) is 1.63. The minimum Gasteiger partial charge on any atom is -0.367 e. The number of rotatable bonds is 4. The van der Waals surface area contributed by atoms with Crippen LogP contribution in [0.25, 0.3) is 0 Å². The van der Waals surface area contributed by atoms with Crippen LogP contribution in [0.15, 0.2) is 0 Å². The molecule has 0 saturated carbocycles. The molecule has 0 aliphatic carbocycles. The molecule has 0 unspecified atom stereocenters. The van der Waals surface area contributed by atoms with Gasteiger partial charge in [-0.25, -0.2) is 0 Å². The van der Waals surface area contributed by atoms with Crippen molar-refractivity contribution in [2.75, 3.05) is 12.0 Å². The molecule has 1 N–H and O–H groups in total. The molecule has 11 heavy (non-hydrogen) atoms. The van der Waals surface area contributed by atoms with Crippen molar-refractivity contribution in [3.63, 3.8) is 0 Å². The first kappa shape index (κ1) is 10.8. The third-order valence-electron chi connectivity index (χ3n) is 0.814. The minimum atomic E-state index is -3.50. The van der Waals surface area contributed by atoms with Crippen molar-refractivity contribution >= 4 is 28.6 Å². The smallest absolute Gasteiger partial charge is 0.307 e. The van der Waals surface area contributed by atoms with Gasteiger partial charge in [0, 0.05) is 6.42 Å². The van der Waals surface area contributed by atoms with Gasteiger partial charge >= 0.3 is 10.1 Å². The summed E-state index contributed by atoms with van der Waals surface area (Å²) in [6.07, 6.45) is 1.89. The number of thiol groups is 1. The first-order valence-electron chi connectivity index (χ1n) is 3.03. The first-order chi connectivity index (χ1) is 4.95. The van der Waals surface area contributed by atoms with E-state index >= 15 is 0 Å². The molecule has 0 aliphatic rings. The average Bonchev–Trinajstić information content (AvgIpc) is 1.79. The second kappa shape index (κ2) is 4.61. The lowest BCUT2D eigenvalue weighted by atomic mass is 10.3. The molecule has 0 aromatic carbocycles. The molecule has 4 nitrogen and oxygen atoms in total. The van der Waals surface area contributed by atoms with Gasteiger partial charge in [0.2, 0.25) is 5.90 Å². The van der Waals surface area contributed by atoms with E-state index in [-0.39, 0.29) is 5.90 Å². The zero-order valence-corrected chi connectivity index (χ0v) is 7.91. The Labute approximate surface area is 72.0 Å². The Kier molecular flexibility index (Phi) is 4.51. The quantitative estimate of drug-likeness (QED) is 0.301. The van der Waals surface area contributed by atoms with E-state index in [1.54, 1.807) is 0 Å². The van der Waals surface area contributed by atoms with E-state index in [9.17, 15) is 8.42 Å². The van der Waals surface area contributed by atoms with Gasteiger partial charge in [-0.3, -0.25) is 5.41 Å². The number of hydrogen-bond donors (Lipinski definition) is 2. The standard InChI is InChI=1S/C5H11NO3S2/c1-11(7,8)9-5(6)3-2-4-10/h6,10H,2-4H2,1H3. The van der Waals surface area contributed by atoms with Gasteiger partial charge in [0.25, 0.3) is 0 Å². The summed E-state index contributed by atoms with van der Waals surface area (Å²) in [6, 6.07) is 0. The second-order valence-corrected chi connectivity index (χ2v) is 4.06. The molecule has 0 fully saturated rings. The van der Waals surface area contributed by atoms with Crippen LogP contribution < -0.4 is 0 Å². The van der Waals surface area contributed by atoms with E-state index in [4.69, 9.17) is 5.41 Å². The van der Waals surface area contributed by atoms with Gasteiger partial charge in [-0.1, -0.05) is 0 Å². The van der Waals surface area contributed by atoms with Gasteiger partial charge in [0.1, 0.15) is 0 Å². The maximum absolute atomic E-state index is 10.4.